The summed E-state index contributed by atoms with van der Waals surface area (Å²) in [4.78, 5) is 14.6. The summed E-state index contributed by atoms with van der Waals surface area (Å²) < 4.78 is 0. The molecule has 3 heterocycles. The van der Waals surface area contributed by atoms with E-state index in [-0.39, 0.29) is 5.82 Å². The molecule has 6 heteroatoms. The number of fused-ring (bicyclic) bond motifs is 3. The van der Waals surface area contributed by atoms with Gasteiger partial charge in [0.1, 0.15) is 23.3 Å². The zero-order valence-corrected chi connectivity index (χ0v) is 22.3. The van der Waals surface area contributed by atoms with E-state index in [0.717, 1.165) is 86.8 Å². The molecular weight excluding hydrogens is 492 g/mol. The maximum Gasteiger partial charge on any atom is 0.142 e. The maximum atomic E-state index is 10.3. The Labute approximate surface area is 232 Å². The first-order valence-electron chi connectivity index (χ1n) is 13.6. The molecule has 1 aliphatic rings. The third-order valence-electron chi connectivity index (χ3n) is 7.98. The minimum atomic E-state index is 0.226. The number of nitriles is 1. The highest BCUT2D eigenvalue weighted by molar-refractivity contribution is 6.12. The lowest BCUT2D eigenvalue weighted by Gasteiger charge is -2.34. The van der Waals surface area contributed by atoms with Gasteiger partial charge in [-0.3, -0.25) is 0 Å². The number of rotatable bonds is 3. The highest BCUT2D eigenvalue weighted by atomic mass is 15.3. The van der Waals surface area contributed by atoms with Gasteiger partial charge in [-0.05, 0) is 52.9 Å². The summed E-state index contributed by atoms with van der Waals surface area (Å²) in [6, 6.07) is 33.6. The van der Waals surface area contributed by atoms with E-state index in [9.17, 15) is 5.26 Å². The maximum absolute atomic E-state index is 10.3. The summed E-state index contributed by atoms with van der Waals surface area (Å²) in [5.74, 6) is 1.10. The number of nitrogens with two attached hydrogens (primary N) is 1. The van der Waals surface area contributed by atoms with Crippen molar-refractivity contribution in [3.63, 3.8) is 0 Å². The molecule has 0 radical (unpaired) electrons. The molecule has 0 unspecified atom stereocenters. The van der Waals surface area contributed by atoms with Crippen LogP contribution in [0.1, 0.15) is 5.56 Å². The number of piperazine rings is 1. The van der Waals surface area contributed by atoms with Crippen LogP contribution >= 0.6 is 0 Å². The molecule has 2 N–H and O–H groups in total. The molecule has 0 aliphatic carbocycles. The Morgan fingerprint density at radius 3 is 2.02 bits per heavy atom. The minimum absolute atomic E-state index is 0.226. The van der Waals surface area contributed by atoms with E-state index in [1.807, 2.05) is 36.4 Å². The lowest BCUT2D eigenvalue weighted by Crippen LogP contribution is -2.45. The van der Waals surface area contributed by atoms with Crippen LogP contribution in [-0.4, -0.2) is 48.1 Å². The standard InChI is InChI=1S/C34H28N6/c1-39-14-16-40(17-15-39)34-28(19-24-10-4-7-13-30(24)38-34)27-20-31(37-33(36)29(27)21-35)32-25-11-5-2-8-22(25)18-23-9-3-6-12-26(23)32/h2-13,18-20H,14-17H2,1H3,(H2,36,37). The SMILES string of the molecule is CN1CCN(c2nc3ccccc3cc2-c2cc(-c3c4ccccc4cc4ccccc34)nc(N)c2C#N)CC1. The molecule has 1 aliphatic heterocycles. The van der Waals surface area contributed by atoms with Crippen molar-refractivity contribution in [1.29, 1.82) is 5.26 Å². The molecule has 6 nitrogen and oxygen atoms in total. The summed E-state index contributed by atoms with van der Waals surface area (Å²) in [6.07, 6.45) is 0. The Hall–Kier alpha value is -4.99. The van der Waals surface area contributed by atoms with Crippen molar-refractivity contribution >= 4 is 44.1 Å². The number of likely N-dealkylation sites (N-methyl/N-ethyl adjacent to an activating group) is 1. The number of hydrogen-bond donors (Lipinski definition) is 1. The fourth-order valence-corrected chi connectivity index (χ4v) is 5.88. The number of benzene rings is 4. The Morgan fingerprint density at radius 2 is 1.35 bits per heavy atom. The van der Waals surface area contributed by atoms with Crippen LogP contribution in [0.2, 0.25) is 0 Å². The van der Waals surface area contributed by atoms with Gasteiger partial charge in [-0.15, -0.1) is 0 Å². The average Bonchev–Trinajstić information content (AvgIpc) is 2.99. The molecule has 0 spiro atoms. The number of aromatic nitrogens is 2. The molecule has 1 fully saturated rings. The fraction of sp³-hybridized carbons (Fsp3) is 0.147. The summed E-state index contributed by atoms with van der Waals surface area (Å²) in [6.45, 7) is 3.62. The second-order valence-corrected chi connectivity index (χ2v) is 10.5. The molecule has 0 atom stereocenters. The molecule has 2 aromatic heterocycles. The van der Waals surface area contributed by atoms with Crippen LogP contribution < -0.4 is 10.6 Å². The molecule has 7 rings (SSSR count). The molecule has 0 bridgehead atoms. The van der Waals surface area contributed by atoms with E-state index < -0.39 is 0 Å². The van der Waals surface area contributed by atoms with Crippen molar-refractivity contribution in [2.24, 2.45) is 0 Å². The minimum Gasteiger partial charge on any atom is -0.383 e. The van der Waals surface area contributed by atoms with Crippen molar-refractivity contribution in [3.05, 3.63) is 96.6 Å². The number of nitrogens with zero attached hydrogens (tertiary/aromatic N) is 5. The Morgan fingerprint density at radius 1 is 0.725 bits per heavy atom. The van der Waals surface area contributed by atoms with E-state index in [2.05, 4.69) is 77.5 Å². The van der Waals surface area contributed by atoms with Gasteiger partial charge < -0.3 is 15.5 Å². The number of para-hydroxylation sites is 1. The van der Waals surface area contributed by atoms with Gasteiger partial charge >= 0.3 is 0 Å². The molecule has 4 aromatic carbocycles. The van der Waals surface area contributed by atoms with Crippen LogP contribution in [0.15, 0.2) is 91.0 Å². The van der Waals surface area contributed by atoms with Gasteiger partial charge in [0.2, 0.25) is 0 Å². The normalized spacial score (nSPS) is 14.2. The first-order valence-corrected chi connectivity index (χ1v) is 13.6. The lowest BCUT2D eigenvalue weighted by molar-refractivity contribution is 0.312. The van der Waals surface area contributed by atoms with E-state index in [1.165, 1.54) is 0 Å². The van der Waals surface area contributed by atoms with Crippen LogP contribution in [-0.2, 0) is 0 Å². The van der Waals surface area contributed by atoms with Gasteiger partial charge in [-0.1, -0.05) is 66.7 Å². The first kappa shape index (κ1) is 24.1. The van der Waals surface area contributed by atoms with E-state index >= 15 is 0 Å². The van der Waals surface area contributed by atoms with Gasteiger partial charge in [0.05, 0.1) is 11.2 Å². The Bertz CT molecular complexity index is 1910. The van der Waals surface area contributed by atoms with Crippen LogP contribution in [0.3, 0.4) is 0 Å². The van der Waals surface area contributed by atoms with E-state index in [0.29, 0.717) is 5.56 Å². The van der Waals surface area contributed by atoms with Crippen molar-refractivity contribution in [3.8, 4) is 28.5 Å². The number of anilines is 2. The van der Waals surface area contributed by atoms with Crippen molar-refractivity contribution in [2.45, 2.75) is 0 Å². The number of hydrogen-bond acceptors (Lipinski definition) is 6. The van der Waals surface area contributed by atoms with Gasteiger partial charge in [-0.2, -0.15) is 5.26 Å². The van der Waals surface area contributed by atoms with E-state index in [4.69, 9.17) is 15.7 Å². The fourth-order valence-electron chi connectivity index (χ4n) is 5.88. The molecule has 194 valence electrons. The zero-order valence-electron chi connectivity index (χ0n) is 22.3. The van der Waals surface area contributed by atoms with Crippen molar-refractivity contribution in [1.82, 2.24) is 14.9 Å². The second-order valence-electron chi connectivity index (χ2n) is 10.5. The number of pyridine rings is 2. The van der Waals surface area contributed by atoms with Gasteiger partial charge in [0, 0.05) is 48.3 Å². The monoisotopic (exact) mass is 520 g/mol. The van der Waals surface area contributed by atoms with Crippen molar-refractivity contribution < 1.29 is 0 Å². The smallest absolute Gasteiger partial charge is 0.142 e. The number of nitrogen functional groups attached to an aromatic ring is 1. The second kappa shape index (κ2) is 9.64. The first-order chi connectivity index (χ1) is 19.6. The molecule has 0 saturated carbocycles. The predicted molar refractivity (Wildman–Crippen MR) is 164 cm³/mol. The van der Waals surface area contributed by atoms with Crippen LogP contribution in [0.4, 0.5) is 11.6 Å². The van der Waals surface area contributed by atoms with Crippen molar-refractivity contribution in [2.75, 3.05) is 43.9 Å². The van der Waals surface area contributed by atoms with Crippen LogP contribution in [0.5, 0.6) is 0 Å². The third kappa shape index (κ3) is 4.00. The zero-order chi connectivity index (χ0) is 27.2. The average molecular weight is 521 g/mol. The highest BCUT2D eigenvalue weighted by Gasteiger charge is 2.24. The van der Waals surface area contributed by atoms with Gasteiger partial charge in [-0.25, -0.2) is 9.97 Å². The lowest BCUT2D eigenvalue weighted by atomic mass is 9.92. The Kier molecular flexibility index (Phi) is 5.80. The van der Waals surface area contributed by atoms with E-state index in [1.54, 1.807) is 0 Å². The third-order valence-corrected chi connectivity index (χ3v) is 7.98. The molecule has 6 aromatic rings. The molecular formula is C34H28N6. The predicted octanol–water partition coefficient (Wildman–Crippen LogP) is 6.48. The summed E-state index contributed by atoms with van der Waals surface area (Å²) in [5.41, 5.74) is 11.3. The largest absolute Gasteiger partial charge is 0.383 e. The van der Waals surface area contributed by atoms with Gasteiger partial charge in [0.15, 0.2) is 0 Å². The molecule has 0 amide bonds. The summed E-state index contributed by atoms with van der Waals surface area (Å²) in [7, 11) is 2.14. The summed E-state index contributed by atoms with van der Waals surface area (Å²) in [5, 5.41) is 15.8. The summed E-state index contributed by atoms with van der Waals surface area (Å²) >= 11 is 0. The van der Waals surface area contributed by atoms with Crippen LogP contribution in [0, 0.1) is 11.3 Å². The molecule has 1 saturated heterocycles. The Balaban J connectivity index is 1.53. The molecule has 40 heavy (non-hydrogen) atoms. The van der Waals surface area contributed by atoms with Crippen LogP contribution in [0.25, 0.3) is 54.8 Å². The van der Waals surface area contributed by atoms with Gasteiger partial charge in [0.25, 0.3) is 0 Å². The quantitative estimate of drug-likeness (QED) is 0.269. The highest BCUT2D eigenvalue weighted by Crippen LogP contribution is 2.41. The topological polar surface area (TPSA) is 82.1 Å².